The molecule has 0 saturated carbocycles. The van der Waals surface area contributed by atoms with Crippen LogP contribution in [-0.2, 0) is 20.0 Å². The van der Waals surface area contributed by atoms with Crippen LogP contribution in [0.3, 0.4) is 0 Å². The van der Waals surface area contributed by atoms with Gasteiger partial charge in [0.1, 0.15) is 0 Å². The van der Waals surface area contributed by atoms with Crippen molar-refractivity contribution in [2.24, 2.45) is 12.1 Å². The normalized spacial score (nSPS) is 11.8. The first-order chi connectivity index (χ1) is 14.9. The molecule has 4 aromatic rings. The van der Waals surface area contributed by atoms with Crippen molar-refractivity contribution in [3.05, 3.63) is 91.0 Å². The Labute approximate surface area is 186 Å². The third-order valence-corrected chi connectivity index (χ3v) is 5.59. The first kappa shape index (κ1) is 20.8. The molecule has 0 aliphatic rings. The average Bonchev–Trinajstić information content (AvgIpc) is 3.15. The molecule has 8 nitrogen and oxygen atoms in total. The van der Waals surface area contributed by atoms with E-state index in [0.29, 0.717) is 30.1 Å². The van der Waals surface area contributed by atoms with Crippen LogP contribution in [-0.4, -0.2) is 24.8 Å². The van der Waals surface area contributed by atoms with Gasteiger partial charge in [-0.1, -0.05) is 58.4 Å². The van der Waals surface area contributed by atoms with Crippen molar-refractivity contribution in [1.29, 1.82) is 0 Å². The first-order valence-electron chi connectivity index (χ1n) is 9.74. The van der Waals surface area contributed by atoms with Gasteiger partial charge in [0.15, 0.2) is 11.2 Å². The zero-order valence-corrected chi connectivity index (χ0v) is 18.7. The van der Waals surface area contributed by atoms with Crippen molar-refractivity contribution in [2.45, 2.75) is 19.9 Å². The number of halogens is 1. The number of nitrogens with zero attached hydrogens (tertiary/aromatic N) is 4. The molecule has 9 heteroatoms. The second kappa shape index (κ2) is 8.73. The van der Waals surface area contributed by atoms with Crippen LogP contribution in [0.4, 0.5) is 5.95 Å². The maximum Gasteiger partial charge on any atom is 0.329 e. The summed E-state index contributed by atoms with van der Waals surface area (Å²) < 4.78 is 4.07. The highest BCUT2D eigenvalue weighted by Gasteiger charge is 2.17. The van der Waals surface area contributed by atoms with Crippen LogP contribution >= 0.6 is 15.9 Å². The molecule has 0 aliphatic carbocycles. The predicted octanol–water partition coefficient (Wildman–Crippen LogP) is 3.26. The Hall–Kier alpha value is -3.46. The van der Waals surface area contributed by atoms with Crippen molar-refractivity contribution in [2.75, 3.05) is 5.43 Å². The van der Waals surface area contributed by atoms with Gasteiger partial charge in [-0.25, -0.2) is 10.2 Å². The van der Waals surface area contributed by atoms with Gasteiger partial charge < -0.3 is 4.57 Å². The standard InChI is InChI=1S/C22H21BrN6O2/c1-14(16-8-10-17(23)11-9-16)26-27-21-24-19-18(20(30)25-22(31)28(19)2)29(21)13-12-15-6-4-3-5-7-15/h3-11H,12-13H2,1-2H3,(H,24,27)(H,25,30,31)/b26-14-. The summed E-state index contributed by atoms with van der Waals surface area (Å²) in [6, 6.07) is 17.8. The number of H-pyrrole nitrogens is 1. The fraction of sp³-hybridized carbons (Fsp3) is 0.182. The largest absolute Gasteiger partial charge is 0.329 e. The SMILES string of the molecule is C/C(=N/Nc1nc2c(c(=O)[nH]c(=O)n2C)n1CCc1ccccc1)c1ccc(Br)cc1. The monoisotopic (exact) mass is 480 g/mol. The van der Waals surface area contributed by atoms with Gasteiger partial charge >= 0.3 is 5.69 Å². The lowest BCUT2D eigenvalue weighted by molar-refractivity contribution is 0.716. The Kier molecular flexibility index (Phi) is 5.85. The van der Waals surface area contributed by atoms with Gasteiger partial charge in [-0.2, -0.15) is 10.1 Å². The molecule has 0 bridgehead atoms. The second-order valence-electron chi connectivity index (χ2n) is 7.13. The summed E-state index contributed by atoms with van der Waals surface area (Å²) in [7, 11) is 1.58. The molecule has 0 radical (unpaired) electrons. The zero-order valence-electron chi connectivity index (χ0n) is 17.1. The molecule has 0 fully saturated rings. The van der Waals surface area contributed by atoms with Gasteiger partial charge in [-0.3, -0.25) is 14.3 Å². The van der Waals surface area contributed by atoms with E-state index in [1.807, 2.05) is 61.5 Å². The lowest BCUT2D eigenvalue weighted by Crippen LogP contribution is -2.29. The van der Waals surface area contributed by atoms with Crippen molar-refractivity contribution in [1.82, 2.24) is 19.1 Å². The Morgan fingerprint density at radius 2 is 1.84 bits per heavy atom. The van der Waals surface area contributed by atoms with Crippen LogP contribution in [0, 0.1) is 0 Å². The molecule has 4 rings (SSSR count). The maximum absolute atomic E-state index is 12.6. The van der Waals surface area contributed by atoms with Crippen LogP contribution in [0.25, 0.3) is 11.2 Å². The molecule has 0 spiro atoms. The van der Waals surface area contributed by atoms with Crippen molar-refractivity contribution >= 4 is 38.8 Å². The molecule has 0 saturated heterocycles. The molecule has 2 aromatic heterocycles. The minimum Gasteiger partial charge on any atom is -0.303 e. The highest BCUT2D eigenvalue weighted by atomic mass is 79.9. The number of aromatic nitrogens is 4. The summed E-state index contributed by atoms with van der Waals surface area (Å²) in [5.74, 6) is 0.397. The van der Waals surface area contributed by atoms with E-state index in [1.54, 1.807) is 11.6 Å². The third-order valence-electron chi connectivity index (χ3n) is 5.06. The number of rotatable bonds is 6. The summed E-state index contributed by atoms with van der Waals surface area (Å²) >= 11 is 3.43. The number of hydrazone groups is 1. The van der Waals surface area contributed by atoms with Gasteiger partial charge in [-0.15, -0.1) is 0 Å². The number of nitrogens with one attached hydrogen (secondary N) is 2. The van der Waals surface area contributed by atoms with E-state index in [4.69, 9.17) is 0 Å². The van der Waals surface area contributed by atoms with E-state index < -0.39 is 11.2 Å². The molecule has 2 N–H and O–H groups in total. The number of hydrogen-bond acceptors (Lipinski definition) is 5. The van der Waals surface area contributed by atoms with Gasteiger partial charge in [0, 0.05) is 18.1 Å². The number of aryl methyl sites for hydroxylation is 3. The fourth-order valence-electron chi connectivity index (χ4n) is 3.31. The molecule has 2 heterocycles. The molecule has 0 unspecified atom stereocenters. The molecular weight excluding hydrogens is 460 g/mol. The topological polar surface area (TPSA) is 97.1 Å². The zero-order chi connectivity index (χ0) is 22.0. The molecule has 31 heavy (non-hydrogen) atoms. The molecule has 0 aliphatic heterocycles. The summed E-state index contributed by atoms with van der Waals surface area (Å²) in [6.07, 6.45) is 0.693. The maximum atomic E-state index is 12.6. The van der Waals surface area contributed by atoms with Crippen LogP contribution in [0.5, 0.6) is 0 Å². The van der Waals surface area contributed by atoms with Crippen molar-refractivity contribution in [3.8, 4) is 0 Å². The summed E-state index contributed by atoms with van der Waals surface area (Å²) in [6.45, 7) is 2.38. The van der Waals surface area contributed by atoms with Gasteiger partial charge in [-0.05, 0) is 36.6 Å². The van der Waals surface area contributed by atoms with Crippen LogP contribution in [0.1, 0.15) is 18.1 Å². The molecule has 0 amide bonds. The van der Waals surface area contributed by atoms with Gasteiger partial charge in [0.2, 0.25) is 5.95 Å². The van der Waals surface area contributed by atoms with Crippen LogP contribution < -0.4 is 16.7 Å². The van der Waals surface area contributed by atoms with E-state index in [9.17, 15) is 9.59 Å². The number of imidazole rings is 1. The molecule has 2 aromatic carbocycles. The number of fused-ring (bicyclic) bond motifs is 1. The van der Waals surface area contributed by atoms with Gasteiger partial charge in [0.25, 0.3) is 5.56 Å². The van der Waals surface area contributed by atoms with Crippen LogP contribution in [0.15, 0.2) is 73.8 Å². The van der Waals surface area contributed by atoms with E-state index >= 15 is 0 Å². The minimum atomic E-state index is -0.508. The van der Waals surface area contributed by atoms with Crippen LogP contribution in [0.2, 0.25) is 0 Å². The molecular formula is C22H21BrN6O2. The van der Waals surface area contributed by atoms with E-state index in [0.717, 1.165) is 21.3 Å². The van der Waals surface area contributed by atoms with E-state index in [1.165, 1.54) is 4.57 Å². The number of aromatic amines is 1. The second-order valence-corrected chi connectivity index (χ2v) is 8.04. The smallest absolute Gasteiger partial charge is 0.303 e. The van der Waals surface area contributed by atoms with E-state index in [2.05, 4.69) is 36.4 Å². The lowest BCUT2D eigenvalue weighted by atomic mass is 10.1. The summed E-state index contributed by atoms with van der Waals surface area (Å²) in [5.41, 5.74) is 5.49. The third kappa shape index (κ3) is 4.36. The average molecular weight is 481 g/mol. The Morgan fingerprint density at radius 1 is 1.13 bits per heavy atom. The highest BCUT2D eigenvalue weighted by Crippen LogP contribution is 2.17. The minimum absolute atomic E-state index is 0.306. The number of benzene rings is 2. The highest BCUT2D eigenvalue weighted by molar-refractivity contribution is 9.10. The fourth-order valence-corrected chi connectivity index (χ4v) is 3.58. The Morgan fingerprint density at radius 3 is 2.55 bits per heavy atom. The first-order valence-corrected chi connectivity index (χ1v) is 10.5. The van der Waals surface area contributed by atoms with Crippen molar-refractivity contribution in [3.63, 3.8) is 0 Å². The Balaban J connectivity index is 1.74. The summed E-state index contributed by atoms with van der Waals surface area (Å²) in [4.78, 5) is 31.5. The number of hydrogen-bond donors (Lipinski definition) is 2. The summed E-state index contributed by atoms with van der Waals surface area (Å²) in [5, 5.41) is 4.46. The van der Waals surface area contributed by atoms with Crippen molar-refractivity contribution < 1.29 is 0 Å². The molecule has 158 valence electrons. The molecule has 0 atom stereocenters. The lowest BCUT2D eigenvalue weighted by Gasteiger charge is -2.09. The van der Waals surface area contributed by atoms with Gasteiger partial charge in [0.05, 0.1) is 5.71 Å². The Bertz CT molecular complexity index is 1370. The number of anilines is 1. The predicted molar refractivity (Wildman–Crippen MR) is 126 cm³/mol. The van der Waals surface area contributed by atoms with E-state index in [-0.39, 0.29) is 0 Å². The quantitative estimate of drug-likeness (QED) is 0.326.